The Balaban J connectivity index is 2.09. The summed E-state index contributed by atoms with van der Waals surface area (Å²) in [4.78, 5) is 0. The highest BCUT2D eigenvalue weighted by Gasteiger charge is 2.11. The maximum atomic E-state index is 10.6. The van der Waals surface area contributed by atoms with Crippen LogP contribution < -0.4 is 4.68 Å². The van der Waals surface area contributed by atoms with E-state index < -0.39 is 10.1 Å². The lowest BCUT2D eigenvalue weighted by atomic mass is 10.2. The first-order valence-corrected chi connectivity index (χ1v) is 7.21. The summed E-state index contributed by atoms with van der Waals surface area (Å²) in [6.07, 6.45) is 3.26. The Kier molecular flexibility index (Phi) is 3.46. The van der Waals surface area contributed by atoms with Crippen LogP contribution in [0.1, 0.15) is 0 Å². The van der Waals surface area contributed by atoms with E-state index in [4.69, 9.17) is 4.55 Å². The van der Waals surface area contributed by atoms with Crippen LogP contribution in [0, 0.1) is 0 Å². The summed E-state index contributed by atoms with van der Waals surface area (Å²) in [5.74, 6) is -0.347. The molecule has 0 bridgehead atoms. The molecule has 0 aliphatic heterocycles. The van der Waals surface area contributed by atoms with Gasteiger partial charge in [-0.05, 0) is 22.7 Å². The van der Waals surface area contributed by atoms with Gasteiger partial charge in [0.2, 0.25) is 0 Å². The van der Waals surface area contributed by atoms with E-state index in [1.807, 2.05) is 11.4 Å². The van der Waals surface area contributed by atoms with E-state index in [0.29, 0.717) is 0 Å². The van der Waals surface area contributed by atoms with Crippen LogP contribution in [0.4, 0.5) is 0 Å². The summed E-state index contributed by atoms with van der Waals surface area (Å²) in [5.41, 5.74) is 1.71. The van der Waals surface area contributed by atoms with E-state index in [9.17, 15) is 8.42 Å². The SMILES string of the molecule is O=S(=O)(O)CC[n+]1ccc(-c2ccsn2)cn1. The van der Waals surface area contributed by atoms with Gasteiger partial charge in [-0.1, -0.05) is 4.68 Å². The summed E-state index contributed by atoms with van der Waals surface area (Å²) in [6.45, 7) is 0.121. The van der Waals surface area contributed by atoms with Crippen molar-refractivity contribution >= 4 is 21.7 Å². The molecule has 2 rings (SSSR count). The molecule has 2 aromatic heterocycles. The van der Waals surface area contributed by atoms with Crippen molar-refractivity contribution in [2.45, 2.75) is 6.54 Å². The van der Waals surface area contributed by atoms with Crippen molar-refractivity contribution in [2.75, 3.05) is 5.75 Å². The number of hydrogen-bond donors (Lipinski definition) is 1. The van der Waals surface area contributed by atoms with E-state index >= 15 is 0 Å². The molecule has 0 spiro atoms. The van der Waals surface area contributed by atoms with Crippen molar-refractivity contribution in [1.29, 1.82) is 0 Å². The highest BCUT2D eigenvalue weighted by molar-refractivity contribution is 7.85. The summed E-state index contributed by atoms with van der Waals surface area (Å²) >= 11 is 1.36. The molecular formula is C9H10N3O3S2+. The molecule has 0 unspecified atom stereocenters. The molecule has 6 nitrogen and oxygen atoms in total. The second kappa shape index (κ2) is 4.86. The lowest BCUT2D eigenvalue weighted by molar-refractivity contribution is -0.750. The Hall–Kier alpha value is -1.38. The van der Waals surface area contributed by atoms with Crippen molar-refractivity contribution in [3.05, 3.63) is 29.9 Å². The van der Waals surface area contributed by atoms with Gasteiger partial charge in [0.15, 0.2) is 12.7 Å². The van der Waals surface area contributed by atoms with Crippen LogP contribution in [0.5, 0.6) is 0 Å². The van der Waals surface area contributed by atoms with Crippen LogP contribution >= 0.6 is 11.5 Å². The van der Waals surface area contributed by atoms with Gasteiger partial charge in [-0.15, -0.1) is 0 Å². The van der Waals surface area contributed by atoms with Crippen LogP contribution in [-0.4, -0.2) is 28.2 Å². The summed E-state index contributed by atoms with van der Waals surface area (Å²) in [7, 11) is -3.95. The zero-order chi connectivity index (χ0) is 12.3. The molecule has 0 saturated heterocycles. The minimum atomic E-state index is -3.95. The largest absolute Gasteiger partial charge is 0.285 e. The van der Waals surface area contributed by atoms with Crippen LogP contribution in [0.15, 0.2) is 29.9 Å². The van der Waals surface area contributed by atoms with Crippen molar-refractivity contribution in [2.24, 2.45) is 0 Å². The standard InChI is InChI=1S/C9H9N3O3S2/c13-17(14,15)6-4-12-3-1-8(7-10-12)9-2-5-16-11-9/h1-3,5,7H,4,6H2/p+1. The third-order valence-electron chi connectivity index (χ3n) is 2.08. The third kappa shape index (κ3) is 3.55. The topological polar surface area (TPSA) is 84.0 Å². The monoisotopic (exact) mass is 272 g/mol. The van der Waals surface area contributed by atoms with Gasteiger partial charge in [0, 0.05) is 17.0 Å². The molecule has 0 aromatic carbocycles. The lowest BCUT2D eigenvalue weighted by Gasteiger charge is -1.95. The fourth-order valence-corrected chi connectivity index (χ4v) is 2.19. The van der Waals surface area contributed by atoms with Gasteiger partial charge in [0.25, 0.3) is 10.1 Å². The second-order valence-corrected chi connectivity index (χ2v) is 5.59. The first-order valence-electron chi connectivity index (χ1n) is 4.76. The molecule has 2 aromatic rings. The first-order chi connectivity index (χ1) is 8.04. The molecule has 17 heavy (non-hydrogen) atoms. The average Bonchev–Trinajstić information content (AvgIpc) is 2.79. The Bertz CT molecular complexity index is 578. The molecule has 0 saturated carbocycles. The second-order valence-electron chi connectivity index (χ2n) is 3.35. The predicted octanol–water partition coefficient (Wildman–Crippen LogP) is 0.380. The number of rotatable bonds is 4. The van der Waals surface area contributed by atoms with Crippen LogP contribution in [-0.2, 0) is 16.7 Å². The minimum Gasteiger partial charge on any atom is -0.285 e. The van der Waals surface area contributed by atoms with Crippen LogP contribution in [0.25, 0.3) is 11.3 Å². The van der Waals surface area contributed by atoms with Gasteiger partial charge in [0.1, 0.15) is 11.9 Å². The Morgan fingerprint density at radius 2 is 2.24 bits per heavy atom. The quantitative estimate of drug-likeness (QED) is 0.642. The van der Waals surface area contributed by atoms with E-state index in [0.717, 1.165) is 11.3 Å². The van der Waals surface area contributed by atoms with Crippen molar-refractivity contribution in [3.63, 3.8) is 0 Å². The van der Waals surface area contributed by atoms with Crippen LogP contribution in [0.2, 0.25) is 0 Å². The molecule has 0 amide bonds. The molecule has 0 radical (unpaired) electrons. The van der Waals surface area contributed by atoms with Gasteiger partial charge in [-0.2, -0.15) is 12.8 Å². The number of aryl methyl sites for hydroxylation is 1. The fraction of sp³-hybridized carbons (Fsp3) is 0.222. The van der Waals surface area contributed by atoms with E-state index in [-0.39, 0.29) is 12.3 Å². The van der Waals surface area contributed by atoms with Crippen molar-refractivity contribution < 1.29 is 17.7 Å². The molecule has 0 aliphatic rings. The molecule has 0 atom stereocenters. The fourth-order valence-electron chi connectivity index (χ4n) is 1.24. The first kappa shape index (κ1) is 12.1. The van der Waals surface area contributed by atoms with E-state index in [2.05, 4.69) is 9.47 Å². The summed E-state index contributed by atoms with van der Waals surface area (Å²) < 4.78 is 35.3. The highest BCUT2D eigenvalue weighted by Crippen LogP contribution is 2.15. The Morgan fingerprint density at radius 1 is 1.41 bits per heavy atom. The summed E-state index contributed by atoms with van der Waals surface area (Å²) in [6, 6.07) is 3.68. The van der Waals surface area contributed by atoms with Gasteiger partial charge in [0.05, 0.1) is 5.69 Å². The smallest absolute Gasteiger partial charge is 0.271 e. The van der Waals surface area contributed by atoms with Crippen LogP contribution in [0.3, 0.4) is 0 Å². The Labute approximate surface area is 102 Å². The third-order valence-corrected chi connectivity index (χ3v) is 3.34. The predicted molar refractivity (Wildman–Crippen MR) is 62.0 cm³/mol. The van der Waals surface area contributed by atoms with Gasteiger partial charge >= 0.3 is 0 Å². The molecule has 1 N–H and O–H groups in total. The molecule has 2 heterocycles. The molecular weight excluding hydrogens is 262 g/mol. The van der Waals surface area contributed by atoms with Gasteiger partial charge in [-0.3, -0.25) is 4.55 Å². The van der Waals surface area contributed by atoms with E-state index in [1.165, 1.54) is 16.2 Å². The summed E-state index contributed by atoms with van der Waals surface area (Å²) in [5, 5.41) is 5.91. The highest BCUT2D eigenvalue weighted by atomic mass is 32.2. The van der Waals surface area contributed by atoms with Crippen molar-refractivity contribution in [1.82, 2.24) is 9.47 Å². The molecule has 90 valence electrons. The van der Waals surface area contributed by atoms with E-state index in [1.54, 1.807) is 18.5 Å². The maximum absolute atomic E-state index is 10.6. The number of hydrogen-bond acceptors (Lipinski definition) is 5. The zero-order valence-electron chi connectivity index (χ0n) is 8.72. The minimum absolute atomic E-state index is 0.121. The number of nitrogens with zero attached hydrogens (tertiary/aromatic N) is 3. The molecule has 0 aliphatic carbocycles. The lowest BCUT2D eigenvalue weighted by Crippen LogP contribution is -2.40. The average molecular weight is 272 g/mol. The Morgan fingerprint density at radius 3 is 2.76 bits per heavy atom. The number of aromatic nitrogens is 3. The van der Waals surface area contributed by atoms with Crippen molar-refractivity contribution in [3.8, 4) is 11.3 Å². The zero-order valence-corrected chi connectivity index (χ0v) is 10.4. The normalized spacial score (nSPS) is 11.6. The maximum Gasteiger partial charge on any atom is 0.271 e. The molecule has 8 heteroatoms. The van der Waals surface area contributed by atoms with Gasteiger partial charge < -0.3 is 0 Å². The molecule has 0 fully saturated rings. The van der Waals surface area contributed by atoms with Gasteiger partial charge in [-0.25, -0.2) is 0 Å².